The van der Waals surface area contributed by atoms with Gasteiger partial charge >= 0.3 is 0 Å². The molecule has 1 aromatic heterocycles. The highest BCUT2D eigenvalue weighted by Crippen LogP contribution is 2.26. The topological polar surface area (TPSA) is 86.4 Å². The Morgan fingerprint density at radius 1 is 1.32 bits per heavy atom. The van der Waals surface area contributed by atoms with Crippen molar-refractivity contribution in [1.29, 1.82) is 0 Å². The lowest BCUT2D eigenvalue weighted by Gasteiger charge is -2.36. The maximum atomic E-state index is 13.3. The number of halogens is 1. The van der Waals surface area contributed by atoms with Crippen LogP contribution in [0.25, 0.3) is 11.0 Å². The first-order valence-corrected chi connectivity index (χ1v) is 11.5. The third-order valence-corrected chi connectivity index (χ3v) is 7.61. The molecule has 0 bridgehead atoms. The van der Waals surface area contributed by atoms with E-state index in [1.807, 2.05) is 0 Å². The maximum absolute atomic E-state index is 13.3. The first kappa shape index (κ1) is 19.3. The Bertz CT molecular complexity index is 982. The van der Waals surface area contributed by atoms with Crippen molar-refractivity contribution < 1.29 is 17.6 Å². The lowest BCUT2D eigenvalue weighted by molar-refractivity contribution is -0.136. The quantitative estimate of drug-likeness (QED) is 0.830. The minimum atomic E-state index is -2.89. The minimum Gasteiger partial charge on any atom is -0.340 e. The van der Waals surface area contributed by atoms with Crippen LogP contribution in [0.2, 0.25) is 0 Å². The molecule has 2 saturated heterocycles. The molecule has 9 heteroatoms. The Labute approximate surface area is 163 Å². The van der Waals surface area contributed by atoms with Crippen molar-refractivity contribution in [3.63, 3.8) is 0 Å². The Hall–Kier alpha value is -2.00. The number of aromatic nitrogens is 2. The molecule has 1 aromatic carbocycles. The summed E-state index contributed by atoms with van der Waals surface area (Å²) in [5.41, 5.74) is 1.30. The van der Waals surface area contributed by atoms with Gasteiger partial charge in [-0.2, -0.15) is 0 Å². The number of fused-ring (bicyclic) bond motifs is 1. The highest BCUT2D eigenvalue weighted by molar-refractivity contribution is 7.91. The Balaban J connectivity index is 1.33. The molecule has 0 aliphatic carbocycles. The summed E-state index contributed by atoms with van der Waals surface area (Å²) in [4.78, 5) is 24.2. The molecule has 1 N–H and O–H groups in total. The predicted octanol–water partition coefficient (Wildman–Crippen LogP) is 1.56. The van der Waals surface area contributed by atoms with E-state index in [0.717, 1.165) is 25.9 Å². The van der Waals surface area contributed by atoms with Gasteiger partial charge in [0.05, 0.1) is 29.1 Å². The smallest absolute Gasteiger partial charge is 0.225 e. The summed E-state index contributed by atoms with van der Waals surface area (Å²) in [5.74, 6) is 0.851. The molecule has 152 valence electrons. The molecule has 0 radical (unpaired) electrons. The van der Waals surface area contributed by atoms with Gasteiger partial charge in [0.1, 0.15) is 11.6 Å². The Morgan fingerprint density at radius 3 is 2.75 bits per heavy atom. The molecule has 1 amide bonds. The molecule has 4 rings (SSSR count). The Kier molecular flexibility index (Phi) is 5.13. The number of hydrogen-bond acceptors (Lipinski definition) is 5. The minimum absolute atomic E-state index is 0.0546. The van der Waals surface area contributed by atoms with Gasteiger partial charge in [-0.3, -0.25) is 9.69 Å². The molecule has 3 heterocycles. The van der Waals surface area contributed by atoms with E-state index >= 15 is 0 Å². The van der Waals surface area contributed by atoms with Gasteiger partial charge in [-0.05, 0) is 50.6 Å². The lowest BCUT2D eigenvalue weighted by Crippen LogP contribution is -2.45. The molecule has 0 spiro atoms. The SMILES string of the molecule is CN(Cc1nc2ccc(F)cc2[nH]1)C(=O)C1CCN(C2CCS(=O)(=O)C2)CC1. The number of rotatable bonds is 4. The number of hydrogen-bond donors (Lipinski definition) is 1. The number of nitrogens with one attached hydrogen (secondary N) is 1. The summed E-state index contributed by atoms with van der Waals surface area (Å²) in [6.45, 7) is 1.86. The second-order valence-corrected chi connectivity index (χ2v) is 10.1. The summed E-state index contributed by atoms with van der Waals surface area (Å²) >= 11 is 0. The van der Waals surface area contributed by atoms with Crippen molar-refractivity contribution in [2.75, 3.05) is 31.6 Å². The number of amides is 1. The van der Waals surface area contributed by atoms with Crippen LogP contribution in [-0.2, 0) is 21.2 Å². The Morgan fingerprint density at radius 2 is 2.07 bits per heavy atom. The van der Waals surface area contributed by atoms with Gasteiger partial charge in [0.2, 0.25) is 5.91 Å². The third-order valence-electron chi connectivity index (χ3n) is 5.86. The highest BCUT2D eigenvalue weighted by Gasteiger charge is 2.35. The molecule has 2 fully saturated rings. The molecular weight excluding hydrogens is 383 g/mol. The van der Waals surface area contributed by atoms with Crippen LogP contribution in [-0.4, -0.2) is 71.8 Å². The molecular formula is C19H25FN4O3S. The fourth-order valence-corrected chi connectivity index (χ4v) is 6.06. The number of sulfone groups is 1. The van der Waals surface area contributed by atoms with E-state index in [-0.39, 0.29) is 35.2 Å². The van der Waals surface area contributed by atoms with Gasteiger partial charge in [0.25, 0.3) is 0 Å². The van der Waals surface area contributed by atoms with Crippen molar-refractivity contribution in [1.82, 2.24) is 19.8 Å². The van der Waals surface area contributed by atoms with Gasteiger partial charge in [0, 0.05) is 19.0 Å². The zero-order valence-electron chi connectivity index (χ0n) is 15.9. The standard InChI is InChI=1S/C19H25FN4O3S/c1-23(11-18-21-16-3-2-14(20)10-17(16)22-18)19(25)13-4-7-24(8-5-13)15-6-9-28(26,27)12-15/h2-3,10,13,15H,4-9,11-12H2,1H3,(H,21,22). The second-order valence-electron chi connectivity index (χ2n) is 7.91. The summed E-state index contributed by atoms with van der Waals surface area (Å²) in [5, 5.41) is 0. The zero-order chi connectivity index (χ0) is 19.9. The molecule has 2 aliphatic rings. The van der Waals surface area contributed by atoms with Crippen LogP contribution in [0, 0.1) is 11.7 Å². The summed E-state index contributed by atoms with van der Waals surface area (Å²) < 4.78 is 36.7. The van der Waals surface area contributed by atoms with E-state index in [1.165, 1.54) is 12.1 Å². The molecule has 0 saturated carbocycles. The number of imidazole rings is 1. The monoisotopic (exact) mass is 408 g/mol. The number of carbonyl (C=O) groups excluding carboxylic acids is 1. The molecule has 28 heavy (non-hydrogen) atoms. The summed E-state index contributed by atoms with van der Waals surface area (Å²) in [7, 11) is -1.13. The molecule has 1 atom stereocenters. The number of aromatic amines is 1. The third kappa shape index (κ3) is 4.05. The van der Waals surface area contributed by atoms with Crippen LogP contribution in [0.4, 0.5) is 4.39 Å². The van der Waals surface area contributed by atoms with Crippen LogP contribution in [0.5, 0.6) is 0 Å². The molecule has 2 aliphatic heterocycles. The molecule has 1 unspecified atom stereocenters. The van der Waals surface area contributed by atoms with Crippen molar-refractivity contribution >= 4 is 26.8 Å². The van der Waals surface area contributed by atoms with Gasteiger partial charge in [0.15, 0.2) is 9.84 Å². The number of benzene rings is 1. The maximum Gasteiger partial charge on any atom is 0.225 e. The second kappa shape index (κ2) is 7.44. The number of piperidine rings is 1. The van der Waals surface area contributed by atoms with E-state index in [1.54, 1.807) is 18.0 Å². The largest absolute Gasteiger partial charge is 0.340 e. The first-order chi connectivity index (χ1) is 13.3. The fourth-order valence-electron chi connectivity index (χ4n) is 4.30. The summed E-state index contributed by atoms with van der Waals surface area (Å²) in [6.07, 6.45) is 2.18. The van der Waals surface area contributed by atoms with Gasteiger partial charge < -0.3 is 9.88 Å². The van der Waals surface area contributed by atoms with Gasteiger partial charge in [-0.25, -0.2) is 17.8 Å². The normalized spacial score (nSPS) is 23.3. The van der Waals surface area contributed by atoms with Crippen LogP contribution < -0.4 is 0 Å². The average molecular weight is 408 g/mol. The number of nitrogens with zero attached hydrogens (tertiary/aromatic N) is 3. The van der Waals surface area contributed by atoms with Gasteiger partial charge in [-0.1, -0.05) is 0 Å². The van der Waals surface area contributed by atoms with E-state index in [4.69, 9.17) is 0 Å². The number of likely N-dealkylation sites (tertiary alicyclic amines) is 1. The van der Waals surface area contributed by atoms with E-state index < -0.39 is 9.84 Å². The van der Waals surface area contributed by atoms with Crippen molar-refractivity contribution in [3.05, 3.63) is 29.8 Å². The van der Waals surface area contributed by atoms with Crippen molar-refractivity contribution in [2.45, 2.75) is 31.8 Å². The van der Waals surface area contributed by atoms with E-state index in [2.05, 4.69) is 14.9 Å². The van der Waals surface area contributed by atoms with E-state index in [0.29, 0.717) is 29.8 Å². The lowest BCUT2D eigenvalue weighted by atomic mass is 9.94. The van der Waals surface area contributed by atoms with Crippen LogP contribution in [0.15, 0.2) is 18.2 Å². The fraction of sp³-hybridized carbons (Fsp3) is 0.579. The van der Waals surface area contributed by atoms with E-state index in [9.17, 15) is 17.6 Å². The molecule has 2 aromatic rings. The first-order valence-electron chi connectivity index (χ1n) is 9.64. The van der Waals surface area contributed by atoms with Crippen LogP contribution >= 0.6 is 0 Å². The van der Waals surface area contributed by atoms with Crippen LogP contribution in [0.3, 0.4) is 0 Å². The van der Waals surface area contributed by atoms with Crippen LogP contribution in [0.1, 0.15) is 25.1 Å². The summed E-state index contributed by atoms with van der Waals surface area (Å²) in [6, 6.07) is 4.48. The predicted molar refractivity (Wildman–Crippen MR) is 104 cm³/mol. The highest BCUT2D eigenvalue weighted by atomic mass is 32.2. The molecule has 7 nitrogen and oxygen atoms in total. The zero-order valence-corrected chi connectivity index (χ0v) is 16.7. The number of carbonyl (C=O) groups is 1. The van der Waals surface area contributed by atoms with Crippen molar-refractivity contribution in [2.24, 2.45) is 5.92 Å². The number of H-pyrrole nitrogens is 1. The van der Waals surface area contributed by atoms with Crippen molar-refractivity contribution in [3.8, 4) is 0 Å². The average Bonchev–Trinajstić information content (AvgIpc) is 3.22. The van der Waals surface area contributed by atoms with Gasteiger partial charge in [-0.15, -0.1) is 0 Å².